The van der Waals surface area contributed by atoms with Crippen molar-refractivity contribution in [2.24, 2.45) is 0 Å². The summed E-state index contributed by atoms with van der Waals surface area (Å²) in [6.07, 6.45) is 0. The zero-order valence-corrected chi connectivity index (χ0v) is 15.8. The standard InChI is InChI=1S/C18H15BrN4O4/c1-11-17(21-22-23(11)14-6-2-4-12(19)8-14)18(26)20-13-5-3-7-15(9-13)27-10-16(24)25/h2-9H,10H2,1H3,(H,20,26)(H,24,25). The smallest absolute Gasteiger partial charge is 0.341 e. The van der Waals surface area contributed by atoms with Crippen LogP contribution in [-0.2, 0) is 4.79 Å². The number of nitrogens with one attached hydrogen (secondary N) is 1. The number of ether oxygens (including phenoxy) is 1. The highest BCUT2D eigenvalue weighted by atomic mass is 79.9. The van der Waals surface area contributed by atoms with Crippen LogP contribution in [0.25, 0.3) is 5.69 Å². The van der Waals surface area contributed by atoms with Gasteiger partial charge in [-0.25, -0.2) is 9.48 Å². The Morgan fingerprint density at radius 1 is 1.22 bits per heavy atom. The third kappa shape index (κ3) is 4.50. The van der Waals surface area contributed by atoms with Crippen LogP contribution < -0.4 is 10.1 Å². The van der Waals surface area contributed by atoms with Crippen molar-refractivity contribution in [2.75, 3.05) is 11.9 Å². The second kappa shape index (κ2) is 8.00. The zero-order valence-electron chi connectivity index (χ0n) is 14.2. The molecule has 2 N–H and O–H groups in total. The number of carbonyl (C=O) groups excluding carboxylic acids is 1. The van der Waals surface area contributed by atoms with Crippen LogP contribution in [0.15, 0.2) is 53.0 Å². The molecule has 9 heteroatoms. The van der Waals surface area contributed by atoms with Gasteiger partial charge in [0.1, 0.15) is 5.75 Å². The number of halogens is 1. The van der Waals surface area contributed by atoms with Gasteiger partial charge in [0.15, 0.2) is 12.3 Å². The number of anilines is 1. The number of carbonyl (C=O) groups is 2. The van der Waals surface area contributed by atoms with E-state index < -0.39 is 18.5 Å². The van der Waals surface area contributed by atoms with E-state index in [0.29, 0.717) is 17.1 Å². The van der Waals surface area contributed by atoms with Crippen LogP contribution in [0.1, 0.15) is 16.2 Å². The van der Waals surface area contributed by atoms with Crippen molar-refractivity contribution in [1.82, 2.24) is 15.0 Å². The molecule has 3 rings (SSSR count). The summed E-state index contributed by atoms with van der Waals surface area (Å²) in [5.41, 5.74) is 2.01. The lowest BCUT2D eigenvalue weighted by molar-refractivity contribution is -0.139. The molecule has 0 saturated heterocycles. The molecule has 0 aliphatic rings. The minimum absolute atomic E-state index is 0.187. The van der Waals surface area contributed by atoms with Crippen LogP contribution in [0.2, 0.25) is 0 Å². The number of aromatic nitrogens is 3. The van der Waals surface area contributed by atoms with Crippen LogP contribution in [-0.4, -0.2) is 38.6 Å². The van der Waals surface area contributed by atoms with E-state index in [1.807, 2.05) is 24.3 Å². The van der Waals surface area contributed by atoms with Gasteiger partial charge in [-0.2, -0.15) is 0 Å². The summed E-state index contributed by atoms with van der Waals surface area (Å²) in [5, 5.41) is 19.4. The van der Waals surface area contributed by atoms with E-state index in [1.165, 1.54) is 6.07 Å². The van der Waals surface area contributed by atoms with Gasteiger partial charge in [0, 0.05) is 16.2 Å². The summed E-state index contributed by atoms with van der Waals surface area (Å²) < 4.78 is 7.57. The average molecular weight is 431 g/mol. The topological polar surface area (TPSA) is 106 Å². The average Bonchev–Trinajstić information content (AvgIpc) is 3.02. The first kappa shape index (κ1) is 18.6. The van der Waals surface area contributed by atoms with E-state index in [-0.39, 0.29) is 5.69 Å². The molecule has 1 heterocycles. The Morgan fingerprint density at radius 2 is 2.00 bits per heavy atom. The largest absolute Gasteiger partial charge is 0.482 e. The highest BCUT2D eigenvalue weighted by Gasteiger charge is 2.18. The molecule has 0 fully saturated rings. The van der Waals surface area contributed by atoms with Crippen molar-refractivity contribution in [3.8, 4) is 11.4 Å². The molecule has 0 spiro atoms. The fourth-order valence-electron chi connectivity index (χ4n) is 2.39. The quantitative estimate of drug-likeness (QED) is 0.622. The van der Waals surface area contributed by atoms with Crippen molar-refractivity contribution in [2.45, 2.75) is 6.92 Å². The van der Waals surface area contributed by atoms with Gasteiger partial charge < -0.3 is 15.2 Å². The van der Waals surface area contributed by atoms with Gasteiger partial charge in [-0.15, -0.1) is 5.10 Å². The van der Waals surface area contributed by atoms with E-state index in [9.17, 15) is 9.59 Å². The molecule has 1 aromatic heterocycles. The van der Waals surface area contributed by atoms with Crippen LogP contribution in [0.5, 0.6) is 5.75 Å². The van der Waals surface area contributed by atoms with Gasteiger partial charge >= 0.3 is 5.97 Å². The van der Waals surface area contributed by atoms with Crippen molar-refractivity contribution >= 4 is 33.5 Å². The molecule has 0 aliphatic carbocycles. The van der Waals surface area contributed by atoms with Crippen LogP contribution in [0, 0.1) is 6.92 Å². The third-order valence-corrected chi connectivity index (χ3v) is 4.11. The number of rotatable bonds is 6. The summed E-state index contributed by atoms with van der Waals surface area (Å²) in [7, 11) is 0. The Morgan fingerprint density at radius 3 is 2.74 bits per heavy atom. The summed E-state index contributed by atoms with van der Waals surface area (Å²) >= 11 is 3.40. The molecule has 1 amide bonds. The van der Waals surface area contributed by atoms with Crippen LogP contribution in [0.4, 0.5) is 5.69 Å². The highest BCUT2D eigenvalue weighted by Crippen LogP contribution is 2.20. The zero-order chi connectivity index (χ0) is 19.4. The van der Waals surface area contributed by atoms with Crippen LogP contribution in [0.3, 0.4) is 0 Å². The number of aliphatic carboxylic acids is 1. The Kier molecular flexibility index (Phi) is 5.51. The molecule has 138 valence electrons. The molecular weight excluding hydrogens is 416 g/mol. The lowest BCUT2D eigenvalue weighted by Gasteiger charge is -2.08. The molecule has 27 heavy (non-hydrogen) atoms. The Balaban J connectivity index is 1.77. The summed E-state index contributed by atoms with van der Waals surface area (Å²) in [5.74, 6) is -1.17. The molecule has 0 saturated carbocycles. The number of hydrogen-bond donors (Lipinski definition) is 2. The number of hydrogen-bond acceptors (Lipinski definition) is 5. The van der Waals surface area contributed by atoms with E-state index in [2.05, 4.69) is 31.6 Å². The highest BCUT2D eigenvalue weighted by molar-refractivity contribution is 9.10. The van der Waals surface area contributed by atoms with Crippen molar-refractivity contribution < 1.29 is 19.4 Å². The Hall–Kier alpha value is -3.20. The molecular formula is C18H15BrN4O4. The number of benzene rings is 2. The van der Waals surface area contributed by atoms with Crippen molar-refractivity contribution in [3.05, 3.63) is 64.4 Å². The summed E-state index contributed by atoms with van der Waals surface area (Å²) in [6.45, 7) is 1.29. The molecule has 8 nitrogen and oxygen atoms in total. The van der Waals surface area contributed by atoms with E-state index in [0.717, 1.165) is 10.2 Å². The molecule has 0 radical (unpaired) electrons. The minimum Gasteiger partial charge on any atom is -0.482 e. The van der Waals surface area contributed by atoms with Crippen LogP contribution >= 0.6 is 15.9 Å². The summed E-state index contributed by atoms with van der Waals surface area (Å²) in [6, 6.07) is 13.9. The van der Waals surface area contributed by atoms with Gasteiger partial charge in [-0.05, 0) is 37.3 Å². The predicted octanol–water partition coefficient (Wildman–Crippen LogP) is 3.05. The molecule has 0 aliphatic heterocycles. The normalized spacial score (nSPS) is 10.4. The Bertz CT molecular complexity index is 1000. The first-order valence-electron chi connectivity index (χ1n) is 7.88. The minimum atomic E-state index is -1.08. The van der Waals surface area contributed by atoms with E-state index in [1.54, 1.807) is 29.8 Å². The lowest BCUT2D eigenvalue weighted by atomic mass is 10.2. The maximum Gasteiger partial charge on any atom is 0.341 e. The number of amides is 1. The maximum absolute atomic E-state index is 12.6. The predicted molar refractivity (Wildman–Crippen MR) is 101 cm³/mol. The maximum atomic E-state index is 12.6. The van der Waals surface area contributed by atoms with Gasteiger partial charge in [0.2, 0.25) is 0 Å². The molecule has 0 bridgehead atoms. The number of carboxylic acid groups (broad SMARTS) is 1. The SMILES string of the molecule is Cc1c(C(=O)Nc2cccc(OCC(=O)O)c2)nnn1-c1cccc(Br)c1. The summed E-state index contributed by atoms with van der Waals surface area (Å²) in [4.78, 5) is 23.1. The first-order valence-corrected chi connectivity index (χ1v) is 8.67. The van der Waals surface area contributed by atoms with Crippen molar-refractivity contribution in [3.63, 3.8) is 0 Å². The third-order valence-electron chi connectivity index (χ3n) is 3.62. The fraction of sp³-hybridized carbons (Fsp3) is 0.111. The van der Waals surface area contributed by atoms with E-state index in [4.69, 9.17) is 9.84 Å². The molecule has 3 aromatic rings. The van der Waals surface area contributed by atoms with Gasteiger partial charge in [0.25, 0.3) is 5.91 Å². The molecule has 0 atom stereocenters. The van der Waals surface area contributed by atoms with Crippen molar-refractivity contribution in [1.29, 1.82) is 0 Å². The van der Waals surface area contributed by atoms with Gasteiger partial charge in [-0.1, -0.05) is 33.3 Å². The lowest BCUT2D eigenvalue weighted by Crippen LogP contribution is -2.14. The number of carboxylic acids is 1. The Labute approximate surface area is 162 Å². The second-order valence-electron chi connectivity index (χ2n) is 5.58. The van der Waals surface area contributed by atoms with Gasteiger partial charge in [0.05, 0.1) is 11.4 Å². The van der Waals surface area contributed by atoms with Gasteiger partial charge in [-0.3, -0.25) is 4.79 Å². The molecule has 2 aromatic carbocycles. The molecule has 0 unspecified atom stereocenters. The monoisotopic (exact) mass is 430 g/mol. The fourth-order valence-corrected chi connectivity index (χ4v) is 2.78. The van der Waals surface area contributed by atoms with E-state index >= 15 is 0 Å². The second-order valence-corrected chi connectivity index (χ2v) is 6.50. The number of nitrogens with zero attached hydrogens (tertiary/aromatic N) is 3. The first-order chi connectivity index (χ1) is 12.9.